The number of nitrogens with zero attached hydrogens (tertiary/aromatic N) is 5. The highest BCUT2D eigenvalue weighted by atomic mass is 32.3. The Hall–Kier alpha value is -2.78. The number of likely N-dealkylation sites (N-methyl/N-ethyl adjacent to an activating group) is 1. The molecule has 1 unspecified atom stereocenters. The number of rotatable bonds is 16. The topological polar surface area (TPSA) is 232 Å². The van der Waals surface area contributed by atoms with Crippen molar-refractivity contribution >= 4 is 50.7 Å². The first kappa shape index (κ1) is 31.7. The number of amides is 1. The van der Waals surface area contributed by atoms with E-state index < -0.39 is 46.3 Å². The van der Waals surface area contributed by atoms with Crippen LogP contribution in [0.25, 0.3) is 0 Å². The molecule has 2 aliphatic rings. The molecule has 0 spiro atoms. The number of aromatic nitrogens is 1. The van der Waals surface area contributed by atoms with Gasteiger partial charge in [0.1, 0.15) is 12.3 Å². The molecule has 3 rings (SSSR count). The number of hydrazine groups is 1. The van der Waals surface area contributed by atoms with Crippen LogP contribution in [0.5, 0.6) is 0 Å². The first-order chi connectivity index (χ1) is 18.8. The van der Waals surface area contributed by atoms with E-state index in [0.29, 0.717) is 24.7 Å². The number of Topliss-reactive ketones (excluding diaryl/α,β-unsaturated/α-hetero) is 1. The van der Waals surface area contributed by atoms with Crippen molar-refractivity contribution in [3.05, 3.63) is 11.1 Å². The summed E-state index contributed by atoms with van der Waals surface area (Å²) in [5.41, 5.74) is 9.70. The lowest BCUT2D eigenvalue weighted by Crippen LogP contribution is -2.68. The summed E-state index contributed by atoms with van der Waals surface area (Å²) in [6.07, 6.45) is -1.17. The number of hydrogen-bond acceptors (Lipinski definition) is 17. The van der Waals surface area contributed by atoms with Gasteiger partial charge in [0.25, 0.3) is 18.7 Å². The van der Waals surface area contributed by atoms with Crippen LogP contribution in [0.3, 0.4) is 0 Å². The van der Waals surface area contributed by atoms with Crippen LogP contribution in [0.1, 0.15) is 32.4 Å². The van der Waals surface area contributed by atoms with E-state index in [1.165, 1.54) is 19.2 Å². The van der Waals surface area contributed by atoms with E-state index in [1.54, 1.807) is 0 Å². The van der Waals surface area contributed by atoms with Crippen molar-refractivity contribution in [1.29, 1.82) is 0 Å². The second-order valence-corrected chi connectivity index (χ2v) is 11.4. The summed E-state index contributed by atoms with van der Waals surface area (Å²) in [5.74, 6) is -2.64. The highest BCUT2D eigenvalue weighted by Gasteiger charge is 2.57. The van der Waals surface area contributed by atoms with Gasteiger partial charge in [-0.1, -0.05) is 5.16 Å². The number of carbonyl (C=O) groups is 3. The zero-order chi connectivity index (χ0) is 29.7. The Morgan fingerprint density at radius 2 is 2.12 bits per heavy atom. The molecule has 40 heavy (non-hydrogen) atoms. The molecule has 0 aliphatic carbocycles. The summed E-state index contributed by atoms with van der Waals surface area (Å²) in [6, 6.07) is 0. The van der Waals surface area contributed by atoms with Gasteiger partial charge >= 0.3 is 0 Å². The number of hydrogen-bond donors (Lipinski definition) is 2. The summed E-state index contributed by atoms with van der Waals surface area (Å²) in [7, 11) is -3.29. The second kappa shape index (κ2) is 13.3. The number of ether oxygens (including phenoxy) is 2. The van der Waals surface area contributed by atoms with Gasteiger partial charge in [-0.05, 0) is 26.8 Å². The van der Waals surface area contributed by atoms with Crippen molar-refractivity contribution in [1.82, 2.24) is 20.1 Å². The van der Waals surface area contributed by atoms with Crippen molar-refractivity contribution in [2.45, 2.75) is 44.6 Å². The van der Waals surface area contributed by atoms with Gasteiger partial charge in [0, 0.05) is 38.5 Å². The molecule has 17 nitrogen and oxygen atoms in total. The number of anilines is 1. The number of carbonyl (C=O) groups excluding carboxylic acids is 3. The molecule has 1 aromatic rings. The fourth-order valence-corrected chi connectivity index (χ4v) is 5.25. The van der Waals surface area contributed by atoms with Gasteiger partial charge in [0.15, 0.2) is 16.6 Å². The van der Waals surface area contributed by atoms with E-state index >= 15 is 0 Å². The lowest BCUT2D eigenvalue weighted by atomic mass is 9.74. The summed E-state index contributed by atoms with van der Waals surface area (Å²) in [4.78, 5) is 46.2. The predicted molar refractivity (Wildman–Crippen MR) is 138 cm³/mol. The normalized spacial score (nSPS) is 22.7. The lowest BCUT2D eigenvalue weighted by molar-refractivity contribution is -0.228. The highest BCUT2D eigenvalue weighted by Crippen LogP contribution is 2.40. The molecular weight excluding hydrogens is 574 g/mol. The van der Waals surface area contributed by atoms with E-state index in [-0.39, 0.29) is 35.7 Å². The van der Waals surface area contributed by atoms with E-state index in [9.17, 15) is 27.4 Å². The third kappa shape index (κ3) is 7.91. The van der Waals surface area contributed by atoms with Gasteiger partial charge in [-0.3, -0.25) is 14.4 Å². The van der Waals surface area contributed by atoms with Gasteiger partial charge in [-0.2, -0.15) is 9.35 Å². The third-order valence-electron chi connectivity index (χ3n) is 6.38. The molecule has 0 saturated carbocycles. The fourth-order valence-electron chi connectivity index (χ4n) is 4.25. The van der Waals surface area contributed by atoms with E-state index in [0.717, 1.165) is 24.3 Å². The molecule has 1 aromatic heterocycles. The molecule has 224 valence electrons. The Morgan fingerprint density at radius 3 is 2.70 bits per heavy atom. The number of β-lactam (4-membered cyclic amide) rings is 1. The molecule has 2 saturated heterocycles. The maximum atomic E-state index is 13.2. The summed E-state index contributed by atoms with van der Waals surface area (Å²) >= 11 is 1.03. The minimum Gasteiger partial charge on any atom is -0.724 e. The molecule has 19 heteroatoms. The molecule has 0 radical (unpaired) electrons. The first-order valence-electron chi connectivity index (χ1n) is 12.1. The van der Waals surface area contributed by atoms with Gasteiger partial charge in [0.05, 0.1) is 17.6 Å². The molecule has 0 bridgehead atoms. The maximum Gasteiger partial charge on any atom is 0.296 e. The van der Waals surface area contributed by atoms with Crippen LogP contribution in [-0.2, 0) is 43.4 Å². The largest absolute Gasteiger partial charge is 0.724 e. The van der Waals surface area contributed by atoms with Gasteiger partial charge < -0.3 is 30.3 Å². The lowest BCUT2D eigenvalue weighted by Gasteiger charge is -2.51. The van der Waals surface area contributed by atoms with E-state index in [4.69, 9.17) is 25.8 Å². The summed E-state index contributed by atoms with van der Waals surface area (Å²) in [6.45, 7) is 5.30. The number of oxime groups is 1. The van der Waals surface area contributed by atoms with Crippen LogP contribution in [-0.4, -0.2) is 115 Å². The average molecular weight is 607 g/mol. The molecule has 1 amide bonds. The van der Waals surface area contributed by atoms with E-state index in [1.807, 2.05) is 12.1 Å². The van der Waals surface area contributed by atoms with Crippen LogP contribution < -0.4 is 11.5 Å². The average Bonchev–Trinajstić information content (AvgIpc) is 3.46. The molecule has 2 aliphatic heterocycles. The minimum atomic E-state index is -5.20. The van der Waals surface area contributed by atoms with Gasteiger partial charge in [-0.25, -0.2) is 23.4 Å². The standard InChI is InChI=1S/C21H33N7O10S2/c1-21(2)14(19(31)28(21)38-40(32,33)34)7-16(30)18(15-11-39-20(23)24-15)25-37-17(36-12-29)10-35-13-8-26(3)27(9-13)6-4-5-22/h11-14,17H,4-10,22H2,1-3H3,(H2,23,24)(H,32,33,34)/p-1/t13?,14-,17+/m1/s1. The van der Waals surface area contributed by atoms with Gasteiger partial charge in [0.2, 0.25) is 10.4 Å². The number of nitrogens with two attached hydrogens (primary N) is 2. The van der Waals surface area contributed by atoms with Crippen molar-refractivity contribution in [3.63, 3.8) is 0 Å². The van der Waals surface area contributed by atoms with Crippen LogP contribution in [0.2, 0.25) is 0 Å². The Balaban J connectivity index is 1.69. The summed E-state index contributed by atoms with van der Waals surface area (Å²) in [5, 5.41) is 9.92. The number of thiazole rings is 1. The summed E-state index contributed by atoms with van der Waals surface area (Å²) < 4.78 is 47.8. The first-order valence-corrected chi connectivity index (χ1v) is 14.3. The zero-order valence-corrected chi connectivity index (χ0v) is 23.8. The maximum absolute atomic E-state index is 13.2. The van der Waals surface area contributed by atoms with E-state index in [2.05, 4.69) is 19.4 Å². The molecule has 4 N–H and O–H groups in total. The van der Waals surface area contributed by atoms with Crippen molar-refractivity contribution in [3.8, 4) is 0 Å². The number of nitrogen functional groups attached to an aromatic ring is 1. The van der Waals surface area contributed by atoms with Crippen molar-refractivity contribution in [2.75, 3.05) is 45.6 Å². The Morgan fingerprint density at radius 1 is 1.40 bits per heavy atom. The Bertz CT molecular complexity index is 1210. The quantitative estimate of drug-likeness (QED) is 0.0411. The Labute approximate surface area is 234 Å². The van der Waals surface area contributed by atoms with Crippen LogP contribution in [0.15, 0.2) is 10.5 Å². The van der Waals surface area contributed by atoms with Crippen LogP contribution in [0, 0.1) is 5.92 Å². The van der Waals surface area contributed by atoms with Crippen LogP contribution >= 0.6 is 11.3 Å². The third-order valence-corrected chi connectivity index (χ3v) is 7.39. The zero-order valence-electron chi connectivity index (χ0n) is 22.1. The van der Waals surface area contributed by atoms with Crippen LogP contribution in [0.4, 0.5) is 5.13 Å². The predicted octanol–water partition coefficient (Wildman–Crippen LogP) is -1.57. The number of ketones is 1. The molecular formula is C21H32N7O10S2-. The molecule has 3 heterocycles. The minimum absolute atomic E-state index is 0.0473. The van der Waals surface area contributed by atoms with Crippen molar-refractivity contribution < 1.29 is 45.9 Å². The fraction of sp³-hybridized carbons (Fsp3) is 0.667. The monoisotopic (exact) mass is 606 g/mol. The molecule has 2 fully saturated rings. The number of hydroxylamine groups is 2. The highest BCUT2D eigenvalue weighted by molar-refractivity contribution is 7.80. The second-order valence-electron chi connectivity index (χ2n) is 9.58. The SMILES string of the molecule is CN1CC(OC[C@@H](OC=O)ON=C(C(=O)C[C@@H]2C(=O)N(OS(=O)(=O)[O-])C2(C)C)c2csc(N)n2)CN1CCCN. The molecule has 0 aromatic carbocycles. The Kier molecular flexibility index (Phi) is 10.5. The van der Waals surface area contributed by atoms with Gasteiger partial charge in [-0.15, -0.1) is 11.3 Å². The smallest absolute Gasteiger partial charge is 0.296 e. The molecule has 3 atom stereocenters. The van der Waals surface area contributed by atoms with Crippen molar-refractivity contribution in [2.24, 2.45) is 16.8 Å².